The summed E-state index contributed by atoms with van der Waals surface area (Å²) in [5, 5.41) is 0.931. The molecule has 9 heteroatoms. The van der Waals surface area contributed by atoms with Gasteiger partial charge in [-0.3, -0.25) is 0 Å². The maximum absolute atomic E-state index is 13.1. The lowest BCUT2D eigenvalue weighted by Gasteiger charge is -2.21. The van der Waals surface area contributed by atoms with Crippen LogP contribution < -0.4 is 23.7 Å². The number of benzene rings is 3. The molecule has 214 valence electrons. The van der Waals surface area contributed by atoms with E-state index in [2.05, 4.69) is 6.58 Å². The average molecular weight is 569 g/mol. The highest BCUT2D eigenvalue weighted by Crippen LogP contribution is 2.48. The molecular weight excluding hydrogens is 532 g/mol. The van der Waals surface area contributed by atoms with E-state index in [0.29, 0.717) is 54.4 Å². The second-order valence-electron chi connectivity index (χ2n) is 9.33. The number of rotatable bonds is 13. The van der Waals surface area contributed by atoms with Crippen molar-refractivity contribution in [2.45, 2.75) is 49.9 Å². The topological polar surface area (TPSA) is 89.5 Å². The molecule has 0 saturated carbocycles. The van der Waals surface area contributed by atoms with Gasteiger partial charge in [-0.2, -0.15) is 0 Å². The van der Waals surface area contributed by atoms with Crippen LogP contribution in [0.5, 0.6) is 28.7 Å². The maximum atomic E-state index is 13.1. The van der Waals surface area contributed by atoms with Crippen molar-refractivity contribution in [3.05, 3.63) is 83.3 Å². The Kier molecular flexibility index (Phi) is 9.60. The summed E-state index contributed by atoms with van der Waals surface area (Å²) in [5.41, 5.74) is 2.50. The molecule has 2 atom stereocenters. The van der Waals surface area contributed by atoms with Crippen molar-refractivity contribution >= 4 is 9.84 Å². The molecular formula is C31H36O8S. The van der Waals surface area contributed by atoms with Crippen LogP contribution in [0.4, 0.5) is 0 Å². The lowest BCUT2D eigenvalue weighted by molar-refractivity contribution is 0.0434. The summed E-state index contributed by atoms with van der Waals surface area (Å²) in [6, 6.07) is 16.8. The van der Waals surface area contributed by atoms with Crippen LogP contribution >= 0.6 is 0 Å². The Morgan fingerprint density at radius 2 is 1.45 bits per heavy atom. The van der Waals surface area contributed by atoms with E-state index in [0.717, 1.165) is 16.5 Å². The molecule has 0 amide bonds. The van der Waals surface area contributed by atoms with Gasteiger partial charge in [-0.25, -0.2) is 8.42 Å². The van der Waals surface area contributed by atoms with Gasteiger partial charge in [0.2, 0.25) is 15.6 Å². The zero-order valence-corrected chi connectivity index (χ0v) is 24.2. The summed E-state index contributed by atoms with van der Waals surface area (Å²) in [7, 11) is 0.845. The second kappa shape index (κ2) is 13.1. The van der Waals surface area contributed by atoms with E-state index >= 15 is 0 Å². The summed E-state index contributed by atoms with van der Waals surface area (Å²) < 4.78 is 61.3. The molecule has 4 rings (SSSR count). The minimum absolute atomic E-state index is 0.0105. The van der Waals surface area contributed by atoms with Gasteiger partial charge >= 0.3 is 0 Å². The molecule has 1 heterocycles. The SMILES string of the molecule is C=CS(=O)(=O)c1cc([C@@H]2CC[C@@H](c3cc(OC)c(OC)c(OC)c3)O2)cc(OCc2ccccc2)c1OCCC. The molecule has 0 bridgehead atoms. The Labute approximate surface area is 236 Å². The first-order valence-corrected chi connectivity index (χ1v) is 14.7. The number of sulfone groups is 1. The summed E-state index contributed by atoms with van der Waals surface area (Å²) in [5.74, 6) is 2.11. The second-order valence-corrected chi connectivity index (χ2v) is 11.2. The Morgan fingerprint density at radius 1 is 0.850 bits per heavy atom. The molecule has 8 nitrogen and oxygen atoms in total. The van der Waals surface area contributed by atoms with Gasteiger partial charge in [-0.15, -0.1) is 0 Å². The fourth-order valence-corrected chi connectivity index (χ4v) is 5.59. The van der Waals surface area contributed by atoms with Gasteiger partial charge in [0.1, 0.15) is 11.5 Å². The lowest BCUT2D eigenvalue weighted by Crippen LogP contribution is -2.09. The van der Waals surface area contributed by atoms with E-state index in [1.54, 1.807) is 27.4 Å². The molecule has 1 fully saturated rings. The molecule has 0 unspecified atom stereocenters. The quantitative estimate of drug-likeness (QED) is 0.228. The van der Waals surface area contributed by atoms with Gasteiger partial charge in [0.15, 0.2) is 23.0 Å². The molecule has 0 aliphatic carbocycles. The largest absolute Gasteiger partial charge is 0.493 e. The van der Waals surface area contributed by atoms with Crippen LogP contribution in [0.25, 0.3) is 0 Å². The third kappa shape index (κ3) is 6.37. The molecule has 3 aromatic rings. The van der Waals surface area contributed by atoms with Gasteiger partial charge in [-0.05, 0) is 60.2 Å². The van der Waals surface area contributed by atoms with Crippen molar-refractivity contribution in [3.63, 3.8) is 0 Å². The summed E-state index contributed by atoms with van der Waals surface area (Å²) in [6.45, 7) is 6.07. The van der Waals surface area contributed by atoms with E-state index in [1.807, 2.05) is 55.5 Å². The van der Waals surface area contributed by atoms with Gasteiger partial charge in [-0.1, -0.05) is 43.8 Å². The number of hydrogen-bond donors (Lipinski definition) is 0. The highest BCUT2D eigenvalue weighted by atomic mass is 32.2. The third-order valence-electron chi connectivity index (χ3n) is 6.71. The normalized spacial score (nSPS) is 16.8. The van der Waals surface area contributed by atoms with Crippen molar-refractivity contribution in [1.29, 1.82) is 0 Å². The van der Waals surface area contributed by atoms with Gasteiger partial charge < -0.3 is 28.4 Å². The van der Waals surface area contributed by atoms with E-state index in [-0.39, 0.29) is 29.5 Å². The third-order valence-corrected chi connectivity index (χ3v) is 8.06. The molecule has 0 radical (unpaired) electrons. The van der Waals surface area contributed by atoms with E-state index in [9.17, 15) is 8.42 Å². The first kappa shape index (κ1) is 29.3. The fourth-order valence-electron chi connectivity index (χ4n) is 4.69. The van der Waals surface area contributed by atoms with Gasteiger partial charge in [0.25, 0.3) is 0 Å². The highest BCUT2D eigenvalue weighted by Gasteiger charge is 2.32. The zero-order valence-electron chi connectivity index (χ0n) is 23.3. The predicted octanol–water partition coefficient (Wildman–Crippen LogP) is 6.59. The average Bonchev–Trinajstić information content (AvgIpc) is 3.49. The van der Waals surface area contributed by atoms with Gasteiger partial charge in [0, 0.05) is 5.41 Å². The Balaban J connectivity index is 1.71. The monoisotopic (exact) mass is 568 g/mol. The van der Waals surface area contributed by atoms with Crippen LogP contribution in [0.3, 0.4) is 0 Å². The first-order chi connectivity index (χ1) is 19.3. The summed E-state index contributed by atoms with van der Waals surface area (Å²) in [6.07, 6.45) is 1.45. The van der Waals surface area contributed by atoms with Crippen LogP contribution in [-0.4, -0.2) is 36.4 Å². The van der Waals surface area contributed by atoms with E-state index < -0.39 is 9.84 Å². The molecule has 0 spiro atoms. The molecule has 3 aromatic carbocycles. The van der Waals surface area contributed by atoms with Crippen LogP contribution in [0.15, 0.2) is 71.5 Å². The molecule has 0 aromatic heterocycles. The maximum Gasteiger partial charge on any atom is 0.203 e. The standard InChI is InChI=1S/C31H36O8S/c1-6-15-37-31-28(38-20-21-11-9-8-10-12-21)18-23(19-29(31)40(32,33)7-2)25-14-13-24(39-25)22-16-26(34-3)30(36-5)27(17-22)35-4/h7-12,16-19,24-25H,2,6,13-15,20H2,1,3-5H3/t24-,25-/m0/s1. The molecule has 0 N–H and O–H groups in total. The highest BCUT2D eigenvalue weighted by molar-refractivity contribution is 7.94. The van der Waals surface area contributed by atoms with Crippen LogP contribution in [-0.2, 0) is 21.2 Å². The summed E-state index contributed by atoms with van der Waals surface area (Å²) >= 11 is 0. The van der Waals surface area contributed by atoms with Gasteiger partial charge in [0.05, 0.1) is 40.1 Å². The number of ether oxygens (including phenoxy) is 6. The molecule has 40 heavy (non-hydrogen) atoms. The van der Waals surface area contributed by atoms with Crippen LogP contribution in [0.2, 0.25) is 0 Å². The van der Waals surface area contributed by atoms with Crippen molar-refractivity contribution in [2.24, 2.45) is 0 Å². The Morgan fingerprint density at radius 3 is 2.00 bits per heavy atom. The molecule has 1 aliphatic rings. The molecule has 1 saturated heterocycles. The van der Waals surface area contributed by atoms with Crippen LogP contribution in [0.1, 0.15) is 55.1 Å². The Bertz CT molecular complexity index is 1390. The van der Waals surface area contributed by atoms with E-state index in [1.165, 1.54) is 0 Å². The number of hydrogen-bond acceptors (Lipinski definition) is 8. The lowest BCUT2D eigenvalue weighted by atomic mass is 10.0. The minimum atomic E-state index is -3.85. The minimum Gasteiger partial charge on any atom is -0.493 e. The Hall–Kier alpha value is -3.69. The smallest absolute Gasteiger partial charge is 0.203 e. The fraction of sp³-hybridized carbons (Fsp3) is 0.355. The van der Waals surface area contributed by atoms with Crippen LogP contribution in [0, 0.1) is 0 Å². The number of methoxy groups -OCH3 is 3. The van der Waals surface area contributed by atoms with Crippen molar-refractivity contribution in [1.82, 2.24) is 0 Å². The van der Waals surface area contributed by atoms with Crippen molar-refractivity contribution in [2.75, 3.05) is 27.9 Å². The molecule has 1 aliphatic heterocycles. The predicted molar refractivity (Wildman–Crippen MR) is 152 cm³/mol. The summed E-state index contributed by atoms with van der Waals surface area (Å²) in [4.78, 5) is 0.0105. The zero-order chi connectivity index (χ0) is 28.7. The first-order valence-electron chi connectivity index (χ1n) is 13.2. The van der Waals surface area contributed by atoms with E-state index in [4.69, 9.17) is 28.4 Å². The van der Waals surface area contributed by atoms with Crippen molar-refractivity contribution in [3.8, 4) is 28.7 Å². The van der Waals surface area contributed by atoms with Crippen molar-refractivity contribution < 1.29 is 36.8 Å².